The molecule has 1 N–H and O–H groups in total. The smallest absolute Gasteiger partial charge is 0.406 e. The Morgan fingerprint density at radius 2 is 2.00 bits per heavy atom. The normalized spacial score (nSPS) is 18.4. The van der Waals surface area contributed by atoms with Gasteiger partial charge in [0.1, 0.15) is 17.1 Å². The molecule has 96 valence electrons. The molecule has 1 aliphatic carbocycles. The Morgan fingerprint density at radius 1 is 1.35 bits per heavy atom. The largest absolute Gasteiger partial charge is 0.464 e. The molecule has 1 heterocycles. The highest BCUT2D eigenvalue weighted by molar-refractivity contribution is 7.97. The van der Waals surface area contributed by atoms with Crippen LogP contribution >= 0.6 is 11.8 Å². The Balaban J connectivity index is 1.90. The number of thioether (sulfide) groups is 1. The maximum Gasteiger partial charge on any atom is 0.406 e. The summed E-state index contributed by atoms with van der Waals surface area (Å²) < 4.78 is 43.3. The molecule has 0 spiro atoms. The zero-order valence-corrected chi connectivity index (χ0v) is 10.3. The van der Waals surface area contributed by atoms with Crippen molar-refractivity contribution in [2.45, 2.75) is 36.9 Å². The number of rotatable bonds is 5. The minimum Gasteiger partial charge on any atom is -0.464 e. The highest BCUT2D eigenvalue weighted by Gasteiger charge is 2.63. The average molecular weight is 265 g/mol. The van der Waals surface area contributed by atoms with Gasteiger partial charge in [0.05, 0.1) is 12.3 Å². The van der Waals surface area contributed by atoms with Gasteiger partial charge >= 0.3 is 6.18 Å². The SMILES string of the molecule is CSCc1ccc(CNC2(C(F)(F)F)CC2)o1. The number of hydrogen-bond acceptors (Lipinski definition) is 3. The third-order valence-corrected chi connectivity index (χ3v) is 3.47. The van der Waals surface area contributed by atoms with Gasteiger partial charge in [-0.05, 0) is 31.2 Å². The summed E-state index contributed by atoms with van der Waals surface area (Å²) in [5.74, 6) is 2.10. The van der Waals surface area contributed by atoms with Crippen molar-refractivity contribution in [2.24, 2.45) is 0 Å². The molecule has 0 radical (unpaired) electrons. The van der Waals surface area contributed by atoms with E-state index in [4.69, 9.17) is 4.42 Å². The van der Waals surface area contributed by atoms with Crippen LogP contribution in [-0.2, 0) is 12.3 Å². The number of alkyl halides is 3. The van der Waals surface area contributed by atoms with E-state index < -0.39 is 11.7 Å². The van der Waals surface area contributed by atoms with Crippen LogP contribution in [0.1, 0.15) is 24.4 Å². The van der Waals surface area contributed by atoms with Crippen LogP contribution in [0.15, 0.2) is 16.5 Å². The molecule has 17 heavy (non-hydrogen) atoms. The summed E-state index contributed by atoms with van der Waals surface area (Å²) in [5.41, 5.74) is -1.67. The van der Waals surface area contributed by atoms with Gasteiger partial charge in [0, 0.05) is 0 Å². The third-order valence-electron chi connectivity index (χ3n) is 2.90. The topological polar surface area (TPSA) is 25.2 Å². The molecule has 1 aliphatic rings. The van der Waals surface area contributed by atoms with Crippen LogP contribution in [0.5, 0.6) is 0 Å². The lowest BCUT2D eigenvalue weighted by Crippen LogP contribution is -2.44. The highest BCUT2D eigenvalue weighted by atomic mass is 32.2. The van der Waals surface area contributed by atoms with Gasteiger partial charge in [0.2, 0.25) is 0 Å². The average Bonchev–Trinajstić information content (AvgIpc) is 2.92. The summed E-state index contributed by atoms with van der Waals surface area (Å²) in [6.45, 7) is 0.133. The van der Waals surface area contributed by atoms with E-state index in [9.17, 15) is 13.2 Å². The van der Waals surface area contributed by atoms with E-state index >= 15 is 0 Å². The number of halogens is 3. The van der Waals surface area contributed by atoms with E-state index in [1.165, 1.54) is 0 Å². The summed E-state index contributed by atoms with van der Waals surface area (Å²) in [5, 5.41) is 2.56. The van der Waals surface area contributed by atoms with Crippen LogP contribution in [0.4, 0.5) is 13.2 Å². The second kappa shape index (κ2) is 4.57. The van der Waals surface area contributed by atoms with E-state index in [1.54, 1.807) is 23.9 Å². The Bertz CT molecular complexity index is 384. The summed E-state index contributed by atoms with van der Waals surface area (Å²) in [6.07, 6.45) is -1.89. The van der Waals surface area contributed by atoms with Crippen LogP contribution in [0.3, 0.4) is 0 Å². The van der Waals surface area contributed by atoms with Crippen LogP contribution in [0, 0.1) is 0 Å². The van der Waals surface area contributed by atoms with Crippen molar-refractivity contribution in [3.8, 4) is 0 Å². The Hall–Kier alpha value is -0.620. The molecule has 0 aliphatic heterocycles. The molecule has 0 aromatic carbocycles. The first-order valence-electron chi connectivity index (χ1n) is 5.35. The predicted molar refractivity (Wildman–Crippen MR) is 60.8 cm³/mol. The lowest BCUT2D eigenvalue weighted by Gasteiger charge is -2.19. The zero-order chi connectivity index (χ0) is 12.5. The molecular formula is C11H14F3NOS. The van der Waals surface area contributed by atoms with Gasteiger partial charge in [-0.15, -0.1) is 0 Å². The van der Waals surface area contributed by atoms with Gasteiger partial charge in [-0.2, -0.15) is 24.9 Å². The molecule has 0 amide bonds. The summed E-state index contributed by atoms with van der Waals surface area (Å²) >= 11 is 1.61. The van der Waals surface area contributed by atoms with Crippen molar-refractivity contribution < 1.29 is 17.6 Å². The molecule has 0 atom stereocenters. The molecule has 0 bridgehead atoms. The Labute approximate surface area is 102 Å². The van der Waals surface area contributed by atoms with E-state index in [0.717, 1.165) is 11.5 Å². The monoisotopic (exact) mass is 265 g/mol. The maximum absolute atomic E-state index is 12.6. The van der Waals surface area contributed by atoms with Crippen LogP contribution in [0.25, 0.3) is 0 Å². The lowest BCUT2D eigenvalue weighted by atomic mass is 10.2. The van der Waals surface area contributed by atoms with Crippen LogP contribution in [-0.4, -0.2) is 18.0 Å². The molecule has 2 nitrogen and oxygen atoms in total. The molecule has 2 rings (SSSR count). The summed E-state index contributed by atoms with van der Waals surface area (Å²) in [4.78, 5) is 0. The Kier molecular flexibility index (Phi) is 3.45. The van der Waals surface area contributed by atoms with E-state index in [0.29, 0.717) is 5.76 Å². The summed E-state index contributed by atoms with van der Waals surface area (Å²) in [7, 11) is 0. The first kappa shape index (κ1) is 12.8. The van der Waals surface area contributed by atoms with E-state index in [-0.39, 0.29) is 19.4 Å². The fraction of sp³-hybridized carbons (Fsp3) is 0.636. The number of hydrogen-bond donors (Lipinski definition) is 1. The van der Waals surface area contributed by atoms with Gasteiger partial charge in [0.25, 0.3) is 0 Å². The van der Waals surface area contributed by atoms with Gasteiger partial charge < -0.3 is 4.42 Å². The maximum atomic E-state index is 12.6. The van der Waals surface area contributed by atoms with Crippen molar-refractivity contribution >= 4 is 11.8 Å². The van der Waals surface area contributed by atoms with Crippen LogP contribution < -0.4 is 5.32 Å². The van der Waals surface area contributed by atoms with Gasteiger partial charge in [0.15, 0.2) is 0 Å². The van der Waals surface area contributed by atoms with Crippen molar-refractivity contribution in [1.82, 2.24) is 5.32 Å². The Morgan fingerprint density at radius 3 is 2.53 bits per heavy atom. The van der Waals surface area contributed by atoms with Crippen molar-refractivity contribution in [3.63, 3.8) is 0 Å². The van der Waals surface area contributed by atoms with Crippen LogP contribution in [0.2, 0.25) is 0 Å². The molecule has 1 fully saturated rings. The second-order valence-corrected chi connectivity index (χ2v) is 5.10. The number of furan rings is 1. The first-order chi connectivity index (χ1) is 7.97. The molecule has 1 aromatic heterocycles. The molecule has 1 aromatic rings. The van der Waals surface area contributed by atoms with E-state index in [1.807, 2.05) is 6.26 Å². The third kappa shape index (κ3) is 2.80. The first-order valence-corrected chi connectivity index (χ1v) is 6.74. The van der Waals surface area contributed by atoms with Crippen molar-refractivity contribution in [3.05, 3.63) is 23.7 Å². The lowest BCUT2D eigenvalue weighted by molar-refractivity contribution is -0.166. The van der Waals surface area contributed by atoms with Gasteiger partial charge in [-0.25, -0.2) is 0 Å². The minimum absolute atomic E-state index is 0.133. The standard InChI is InChI=1S/C11H14F3NOS/c1-17-7-9-3-2-8(16-9)6-15-10(4-5-10)11(12,13)14/h2-3,15H,4-7H2,1H3. The van der Waals surface area contributed by atoms with Crippen molar-refractivity contribution in [2.75, 3.05) is 6.26 Å². The molecule has 1 saturated carbocycles. The quantitative estimate of drug-likeness (QED) is 0.884. The molecule has 0 saturated heterocycles. The number of nitrogens with one attached hydrogen (secondary N) is 1. The van der Waals surface area contributed by atoms with E-state index in [2.05, 4.69) is 5.32 Å². The molecule has 6 heteroatoms. The van der Waals surface area contributed by atoms with Gasteiger partial charge in [-0.3, -0.25) is 5.32 Å². The highest BCUT2D eigenvalue weighted by Crippen LogP contribution is 2.49. The minimum atomic E-state index is -4.16. The van der Waals surface area contributed by atoms with Crippen molar-refractivity contribution in [1.29, 1.82) is 0 Å². The predicted octanol–water partition coefficient (Wildman–Crippen LogP) is 3.33. The molecular weight excluding hydrogens is 251 g/mol. The van der Waals surface area contributed by atoms with Gasteiger partial charge in [-0.1, -0.05) is 0 Å². The second-order valence-electron chi connectivity index (χ2n) is 4.23. The summed E-state index contributed by atoms with van der Waals surface area (Å²) in [6, 6.07) is 3.53. The molecule has 0 unspecified atom stereocenters. The fourth-order valence-electron chi connectivity index (χ4n) is 1.68. The zero-order valence-electron chi connectivity index (χ0n) is 9.43. The fourth-order valence-corrected chi connectivity index (χ4v) is 2.12.